The molecule has 0 fully saturated rings. The average Bonchev–Trinajstić information content (AvgIpc) is 2.37. The molecular formula is C15H18N2OS. The van der Waals surface area contributed by atoms with Crippen LogP contribution >= 0.6 is 11.8 Å². The number of hydrogen-bond acceptors (Lipinski definition) is 4. The van der Waals surface area contributed by atoms with Crippen LogP contribution in [0.5, 0.6) is 5.75 Å². The summed E-state index contributed by atoms with van der Waals surface area (Å²) in [4.78, 5) is 4.76. The number of aliphatic imine (C=N–C) groups is 1. The van der Waals surface area contributed by atoms with Crippen LogP contribution in [0.15, 0.2) is 23.2 Å². The van der Waals surface area contributed by atoms with Gasteiger partial charge in [0, 0.05) is 12.0 Å². The van der Waals surface area contributed by atoms with Crippen LogP contribution in [-0.2, 0) is 0 Å². The molecule has 0 N–H and O–H groups in total. The number of fused-ring (bicyclic) bond motifs is 1. The van der Waals surface area contributed by atoms with Gasteiger partial charge in [-0.05, 0) is 45.2 Å². The van der Waals surface area contributed by atoms with E-state index in [2.05, 4.69) is 19.9 Å². The molecule has 0 amide bonds. The first-order valence-corrected chi connectivity index (χ1v) is 7.49. The molecule has 0 spiro atoms. The molecule has 1 aromatic carbocycles. The van der Waals surface area contributed by atoms with E-state index in [1.165, 1.54) is 0 Å². The molecule has 19 heavy (non-hydrogen) atoms. The van der Waals surface area contributed by atoms with E-state index in [1.54, 1.807) is 17.8 Å². The van der Waals surface area contributed by atoms with Crippen molar-refractivity contribution in [2.45, 2.75) is 38.8 Å². The number of thioether (sulfide) groups is 1. The molecule has 1 atom stereocenters. The zero-order chi connectivity index (χ0) is 14.0. The Morgan fingerprint density at radius 2 is 2.26 bits per heavy atom. The van der Waals surface area contributed by atoms with Crippen LogP contribution < -0.4 is 4.74 Å². The zero-order valence-electron chi connectivity index (χ0n) is 11.7. The maximum absolute atomic E-state index is 9.03. The van der Waals surface area contributed by atoms with Crippen molar-refractivity contribution in [3.05, 3.63) is 29.3 Å². The lowest BCUT2D eigenvalue weighted by atomic mass is 9.89. The van der Waals surface area contributed by atoms with Gasteiger partial charge in [0.15, 0.2) is 0 Å². The Hall–Kier alpha value is -1.47. The van der Waals surface area contributed by atoms with Crippen molar-refractivity contribution in [3.63, 3.8) is 0 Å². The van der Waals surface area contributed by atoms with Gasteiger partial charge in [0.1, 0.15) is 11.4 Å². The second-order valence-corrected chi connectivity index (χ2v) is 6.30. The second kappa shape index (κ2) is 5.26. The van der Waals surface area contributed by atoms with Gasteiger partial charge in [-0.3, -0.25) is 4.99 Å². The smallest absolute Gasteiger partial charge is 0.125 e. The Bertz CT molecular complexity index is 558. The largest absolute Gasteiger partial charge is 0.487 e. The number of nitrogens with zero attached hydrogens (tertiary/aromatic N) is 2. The summed E-state index contributed by atoms with van der Waals surface area (Å²) < 4.78 is 5.98. The Morgan fingerprint density at radius 1 is 1.53 bits per heavy atom. The van der Waals surface area contributed by atoms with Crippen molar-refractivity contribution >= 4 is 16.8 Å². The number of benzene rings is 1. The molecule has 0 radical (unpaired) electrons. The minimum absolute atomic E-state index is 0.0690. The van der Waals surface area contributed by atoms with E-state index in [0.29, 0.717) is 5.56 Å². The Kier molecular flexibility index (Phi) is 3.86. The van der Waals surface area contributed by atoms with Crippen LogP contribution in [-0.4, -0.2) is 16.9 Å². The lowest BCUT2D eigenvalue weighted by molar-refractivity contribution is 0.0733. The van der Waals surface area contributed by atoms with Gasteiger partial charge in [-0.2, -0.15) is 5.26 Å². The summed E-state index contributed by atoms with van der Waals surface area (Å²) >= 11 is 1.65. The Morgan fingerprint density at radius 3 is 2.89 bits per heavy atom. The van der Waals surface area contributed by atoms with Crippen LogP contribution in [0, 0.1) is 11.3 Å². The summed E-state index contributed by atoms with van der Waals surface area (Å²) in [5.74, 6) is 0.845. The lowest BCUT2D eigenvalue weighted by Gasteiger charge is -2.36. The predicted molar refractivity (Wildman–Crippen MR) is 79.8 cm³/mol. The maximum atomic E-state index is 9.03. The van der Waals surface area contributed by atoms with E-state index < -0.39 is 0 Å². The van der Waals surface area contributed by atoms with Crippen LogP contribution in [0.25, 0.3) is 0 Å². The number of nitriles is 1. The molecule has 0 saturated heterocycles. The Balaban J connectivity index is 2.48. The first-order chi connectivity index (χ1) is 8.95. The quantitative estimate of drug-likeness (QED) is 0.575. The number of rotatable bonds is 1. The van der Waals surface area contributed by atoms with Crippen molar-refractivity contribution in [1.82, 2.24) is 0 Å². The molecule has 1 aliphatic rings. The summed E-state index contributed by atoms with van der Waals surface area (Å²) in [7, 11) is 0. The third-order valence-electron chi connectivity index (χ3n) is 3.20. The first kappa shape index (κ1) is 14.0. The van der Waals surface area contributed by atoms with Crippen molar-refractivity contribution in [2.24, 2.45) is 4.99 Å². The van der Waals surface area contributed by atoms with E-state index in [4.69, 9.17) is 15.0 Å². The summed E-state index contributed by atoms with van der Waals surface area (Å²) in [6.07, 6.45) is 2.85. The molecule has 0 aromatic heterocycles. The monoisotopic (exact) mass is 274 g/mol. The van der Waals surface area contributed by atoms with Gasteiger partial charge in [-0.15, -0.1) is 11.8 Å². The standard InChI is InChI=1S/C15H18N2OS/c1-10(19-4)17-13-8-15(2,3)18-14-6-5-11(9-16)7-12(13)14/h5-7,13H,8H2,1-4H3. The molecule has 1 unspecified atom stereocenters. The molecular weight excluding hydrogens is 256 g/mol. The van der Waals surface area contributed by atoms with Crippen LogP contribution in [0.3, 0.4) is 0 Å². The maximum Gasteiger partial charge on any atom is 0.125 e. The SMILES string of the molecule is CSC(C)=NC1CC(C)(C)Oc2ccc(C#N)cc21. The highest BCUT2D eigenvalue weighted by atomic mass is 32.2. The molecule has 3 nitrogen and oxygen atoms in total. The predicted octanol–water partition coefficient (Wildman–Crippen LogP) is 3.94. The molecule has 2 rings (SSSR count). The van der Waals surface area contributed by atoms with Gasteiger partial charge < -0.3 is 4.74 Å². The first-order valence-electron chi connectivity index (χ1n) is 6.26. The van der Waals surface area contributed by atoms with Crippen molar-refractivity contribution in [3.8, 4) is 11.8 Å². The molecule has 1 aromatic rings. The molecule has 1 aliphatic heterocycles. The normalized spacial score (nSPS) is 21.2. The molecule has 1 heterocycles. The third kappa shape index (κ3) is 3.10. The fraction of sp³-hybridized carbons (Fsp3) is 0.467. The van der Waals surface area contributed by atoms with E-state index >= 15 is 0 Å². The van der Waals surface area contributed by atoms with Crippen LogP contribution in [0.1, 0.15) is 44.4 Å². The van der Waals surface area contributed by atoms with E-state index in [0.717, 1.165) is 22.8 Å². The van der Waals surface area contributed by atoms with E-state index in [9.17, 15) is 0 Å². The van der Waals surface area contributed by atoms with Gasteiger partial charge >= 0.3 is 0 Å². The summed E-state index contributed by atoms with van der Waals surface area (Å²) in [6.45, 7) is 6.16. The fourth-order valence-corrected chi connectivity index (χ4v) is 2.51. The van der Waals surface area contributed by atoms with Gasteiger partial charge in [0.2, 0.25) is 0 Å². The molecule has 100 valence electrons. The summed E-state index contributed by atoms with van der Waals surface area (Å²) in [5.41, 5.74) is 1.45. The second-order valence-electron chi connectivity index (χ2n) is 5.30. The van der Waals surface area contributed by atoms with Gasteiger partial charge in [-0.25, -0.2) is 0 Å². The number of hydrogen-bond donors (Lipinski definition) is 0. The fourth-order valence-electron chi connectivity index (χ4n) is 2.27. The van der Waals surface area contributed by atoms with Gasteiger partial charge in [0.25, 0.3) is 0 Å². The number of ether oxygens (including phenoxy) is 1. The average molecular weight is 274 g/mol. The third-order valence-corrected chi connectivity index (χ3v) is 3.90. The highest BCUT2D eigenvalue weighted by Crippen LogP contribution is 2.42. The van der Waals surface area contributed by atoms with Crippen molar-refractivity contribution in [1.29, 1.82) is 5.26 Å². The summed E-state index contributed by atoms with van der Waals surface area (Å²) in [5, 5.41) is 10.1. The van der Waals surface area contributed by atoms with Gasteiger partial charge in [0.05, 0.1) is 22.7 Å². The lowest BCUT2D eigenvalue weighted by Crippen LogP contribution is -2.34. The molecule has 0 bridgehead atoms. The Labute approximate surface area is 118 Å². The van der Waals surface area contributed by atoms with E-state index in [-0.39, 0.29) is 11.6 Å². The highest BCUT2D eigenvalue weighted by molar-refractivity contribution is 8.13. The van der Waals surface area contributed by atoms with Crippen LogP contribution in [0.2, 0.25) is 0 Å². The minimum Gasteiger partial charge on any atom is -0.487 e. The topological polar surface area (TPSA) is 45.4 Å². The summed E-state index contributed by atoms with van der Waals surface area (Å²) in [6, 6.07) is 7.82. The van der Waals surface area contributed by atoms with Gasteiger partial charge in [-0.1, -0.05) is 0 Å². The van der Waals surface area contributed by atoms with Crippen molar-refractivity contribution < 1.29 is 4.74 Å². The molecule has 0 saturated carbocycles. The van der Waals surface area contributed by atoms with Crippen LogP contribution in [0.4, 0.5) is 0 Å². The van der Waals surface area contributed by atoms with Crippen molar-refractivity contribution in [2.75, 3.05) is 6.26 Å². The van der Waals surface area contributed by atoms with E-state index in [1.807, 2.05) is 25.3 Å². The highest BCUT2D eigenvalue weighted by Gasteiger charge is 2.33. The molecule has 4 heteroatoms. The minimum atomic E-state index is -0.228. The molecule has 0 aliphatic carbocycles. The zero-order valence-corrected chi connectivity index (χ0v) is 12.5.